The molecule has 4 nitrogen and oxygen atoms in total. The molecule has 0 radical (unpaired) electrons. The molecule has 4 heteroatoms. The van der Waals surface area contributed by atoms with Crippen LogP contribution in [-0.4, -0.2) is 22.2 Å². The quantitative estimate of drug-likeness (QED) is 0.675. The van der Waals surface area contributed by atoms with E-state index in [-0.39, 0.29) is 5.92 Å². The van der Waals surface area contributed by atoms with Gasteiger partial charge >= 0.3 is 11.9 Å². The van der Waals surface area contributed by atoms with Crippen molar-refractivity contribution in [3.8, 4) is 0 Å². The Balaban J connectivity index is 5.23. The Labute approximate surface area is 103 Å². The van der Waals surface area contributed by atoms with Gasteiger partial charge in [-0.2, -0.15) is 0 Å². The molecule has 0 aliphatic heterocycles. The number of unbranched alkanes of at least 4 members (excludes halogenated alkanes) is 1. The minimum absolute atomic E-state index is 0.0413. The minimum atomic E-state index is -1.75. The van der Waals surface area contributed by atoms with E-state index in [1.165, 1.54) is 6.92 Å². The molecule has 0 aliphatic carbocycles. The van der Waals surface area contributed by atoms with Crippen LogP contribution >= 0.6 is 0 Å². The highest BCUT2D eigenvalue weighted by Gasteiger charge is 2.55. The Kier molecular flexibility index (Phi) is 5.17. The summed E-state index contributed by atoms with van der Waals surface area (Å²) in [5.74, 6) is -2.49. The molecule has 17 heavy (non-hydrogen) atoms. The first-order valence-corrected chi connectivity index (χ1v) is 6.09. The first-order valence-electron chi connectivity index (χ1n) is 6.09. The summed E-state index contributed by atoms with van der Waals surface area (Å²) in [4.78, 5) is 22.6. The molecule has 1 atom stereocenters. The SMILES string of the molecule is CCCCC(C)C(C)(C)C(C)(C(=O)O)C(=O)O. The number of carboxylic acid groups (broad SMARTS) is 2. The third-order valence-corrected chi connectivity index (χ3v) is 4.37. The molecular weight excluding hydrogens is 220 g/mol. The van der Waals surface area contributed by atoms with E-state index in [4.69, 9.17) is 0 Å². The van der Waals surface area contributed by atoms with E-state index < -0.39 is 22.8 Å². The number of aliphatic carboxylic acids is 2. The van der Waals surface area contributed by atoms with Gasteiger partial charge < -0.3 is 10.2 Å². The van der Waals surface area contributed by atoms with Crippen LogP contribution in [0, 0.1) is 16.7 Å². The normalized spacial score (nSPS) is 14.4. The molecule has 100 valence electrons. The van der Waals surface area contributed by atoms with Crippen LogP contribution in [0.4, 0.5) is 0 Å². The second kappa shape index (κ2) is 5.52. The standard InChI is InChI=1S/C13H24O4/c1-6-7-8-9(2)12(3,4)13(5,10(14)15)11(16)17/h9H,6-8H2,1-5H3,(H,14,15)(H,16,17). The molecule has 0 aromatic heterocycles. The maximum atomic E-state index is 11.3. The Bertz CT molecular complexity index is 280. The molecule has 0 spiro atoms. The lowest BCUT2D eigenvalue weighted by atomic mass is 9.59. The topological polar surface area (TPSA) is 74.6 Å². The summed E-state index contributed by atoms with van der Waals surface area (Å²) in [7, 11) is 0. The molecule has 0 aromatic carbocycles. The second-order valence-corrected chi connectivity index (χ2v) is 5.50. The van der Waals surface area contributed by atoms with Gasteiger partial charge in [0.1, 0.15) is 0 Å². The smallest absolute Gasteiger partial charge is 0.321 e. The van der Waals surface area contributed by atoms with Crippen molar-refractivity contribution < 1.29 is 19.8 Å². The van der Waals surface area contributed by atoms with Crippen molar-refractivity contribution in [3.05, 3.63) is 0 Å². The molecule has 0 heterocycles. The lowest BCUT2D eigenvalue weighted by Gasteiger charge is -2.42. The van der Waals surface area contributed by atoms with Crippen molar-refractivity contribution in [2.45, 2.75) is 53.9 Å². The molecule has 0 saturated heterocycles. The van der Waals surface area contributed by atoms with Gasteiger partial charge in [0.15, 0.2) is 5.41 Å². The van der Waals surface area contributed by atoms with Crippen LogP contribution in [0.15, 0.2) is 0 Å². The van der Waals surface area contributed by atoms with Crippen molar-refractivity contribution in [2.24, 2.45) is 16.7 Å². The summed E-state index contributed by atoms with van der Waals surface area (Å²) in [5.41, 5.74) is -2.54. The fourth-order valence-corrected chi connectivity index (χ4v) is 2.01. The summed E-state index contributed by atoms with van der Waals surface area (Å²) in [5, 5.41) is 18.5. The molecule has 0 fully saturated rings. The van der Waals surface area contributed by atoms with Crippen LogP contribution < -0.4 is 0 Å². The fraction of sp³-hybridized carbons (Fsp3) is 0.846. The minimum Gasteiger partial charge on any atom is -0.480 e. The molecule has 2 N–H and O–H groups in total. The Hall–Kier alpha value is -1.06. The zero-order valence-electron chi connectivity index (χ0n) is 11.4. The van der Waals surface area contributed by atoms with Gasteiger partial charge in [0, 0.05) is 0 Å². The van der Waals surface area contributed by atoms with Crippen LogP contribution in [0.1, 0.15) is 53.9 Å². The van der Waals surface area contributed by atoms with Crippen molar-refractivity contribution >= 4 is 11.9 Å². The van der Waals surface area contributed by atoms with E-state index in [2.05, 4.69) is 6.92 Å². The fourth-order valence-electron chi connectivity index (χ4n) is 2.01. The summed E-state index contributed by atoms with van der Waals surface area (Å²) in [6.45, 7) is 8.76. The van der Waals surface area contributed by atoms with Crippen LogP contribution in [0.25, 0.3) is 0 Å². The van der Waals surface area contributed by atoms with Gasteiger partial charge in [0.05, 0.1) is 0 Å². The van der Waals surface area contributed by atoms with E-state index in [1.54, 1.807) is 13.8 Å². The van der Waals surface area contributed by atoms with Gasteiger partial charge in [-0.25, -0.2) is 0 Å². The van der Waals surface area contributed by atoms with Gasteiger partial charge in [-0.1, -0.05) is 47.0 Å². The van der Waals surface area contributed by atoms with Gasteiger partial charge in [-0.15, -0.1) is 0 Å². The molecular formula is C13H24O4. The van der Waals surface area contributed by atoms with Crippen LogP contribution in [0.5, 0.6) is 0 Å². The maximum Gasteiger partial charge on any atom is 0.321 e. The lowest BCUT2D eigenvalue weighted by molar-refractivity contribution is -0.175. The van der Waals surface area contributed by atoms with Gasteiger partial charge in [0.25, 0.3) is 0 Å². The highest BCUT2D eigenvalue weighted by Crippen LogP contribution is 2.46. The van der Waals surface area contributed by atoms with Gasteiger partial charge in [-0.3, -0.25) is 9.59 Å². The average molecular weight is 244 g/mol. The summed E-state index contributed by atoms with van der Waals surface area (Å²) < 4.78 is 0. The maximum absolute atomic E-state index is 11.3. The van der Waals surface area contributed by atoms with Crippen molar-refractivity contribution in [2.75, 3.05) is 0 Å². The number of hydrogen-bond donors (Lipinski definition) is 2. The molecule has 0 saturated carbocycles. The zero-order valence-corrected chi connectivity index (χ0v) is 11.4. The third kappa shape index (κ3) is 2.79. The molecule has 0 aromatic rings. The van der Waals surface area contributed by atoms with Crippen molar-refractivity contribution in [1.82, 2.24) is 0 Å². The predicted molar refractivity (Wildman–Crippen MR) is 65.8 cm³/mol. The predicted octanol–water partition coefficient (Wildman–Crippen LogP) is 3.01. The molecule has 1 unspecified atom stereocenters. The van der Waals surface area contributed by atoms with Crippen LogP contribution in [0.3, 0.4) is 0 Å². The van der Waals surface area contributed by atoms with Crippen molar-refractivity contribution in [3.63, 3.8) is 0 Å². The Morgan fingerprint density at radius 1 is 1.12 bits per heavy atom. The Morgan fingerprint density at radius 3 is 1.82 bits per heavy atom. The van der Waals surface area contributed by atoms with Crippen LogP contribution in [-0.2, 0) is 9.59 Å². The van der Waals surface area contributed by atoms with E-state index in [9.17, 15) is 19.8 Å². The molecule has 0 rings (SSSR count). The van der Waals surface area contributed by atoms with Gasteiger partial charge in [0.2, 0.25) is 0 Å². The van der Waals surface area contributed by atoms with E-state index in [0.29, 0.717) is 0 Å². The summed E-state index contributed by atoms with van der Waals surface area (Å²) >= 11 is 0. The van der Waals surface area contributed by atoms with Gasteiger partial charge in [-0.05, 0) is 18.3 Å². The number of rotatable bonds is 7. The molecule has 0 bridgehead atoms. The average Bonchev–Trinajstić information content (AvgIpc) is 2.23. The van der Waals surface area contributed by atoms with Crippen LogP contribution in [0.2, 0.25) is 0 Å². The Morgan fingerprint density at radius 2 is 1.53 bits per heavy atom. The highest BCUT2D eigenvalue weighted by atomic mass is 16.4. The number of carboxylic acids is 2. The summed E-state index contributed by atoms with van der Waals surface area (Å²) in [6, 6.07) is 0. The van der Waals surface area contributed by atoms with E-state index >= 15 is 0 Å². The van der Waals surface area contributed by atoms with E-state index in [0.717, 1.165) is 19.3 Å². The first kappa shape index (κ1) is 15.9. The third-order valence-electron chi connectivity index (χ3n) is 4.37. The molecule has 0 aliphatic rings. The molecule has 0 amide bonds. The zero-order chi connectivity index (χ0) is 13.9. The van der Waals surface area contributed by atoms with Crippen molar-refractivity contribution in [1.29, 1.82) is 0 Å². The number of carbonyl (C=O) groups is 2. The largest absolute Gasteiger partial charge is 0.480 e. The first-order chi connectivity index (χ1) is 7.62. The number of hydrogen-bond acceptors (Lipinski definition) is 2. The monoisotopic (exact) mass is 244 g/mol. The van der Waals surface area contributed by atoms with E-state index in [1.807, 2.05) is 6.92 Å². The summed E-state index contributed by atoms with van der Waals surface area (Å²) in [6.07, 6.45) is 2.86. The lowest BCUT2D eigenvalue weighted by Crippen LogP contribution is -2.51. The second-order valence-electron chi connectivity index (χ2n) is 5.50. The highest BCUT2D eigenvalue weighted by molar-refractivity contribution is 5.98.